The molecule has 0 N–H and O–H groups in total. The van der Waals surface area contributed by atoms with Crippen LogP contribution < -0.4 is 0 Å². The van der Waals surface area contributed by atoms with Crippen LogP contribution in [0.5, 0.6) is 0 Å². The van der Waals surface area contributed by atoms with Crippen LogP contribution in [0.1, 0.15) is 0 Å². The largest absolute Gasteiger partial charge is 0.320 e. The maximum absolute atomic E-state index is 3.47. The average Bonchev–Trinajstić information content (AvgIpc) is 1.82. The first-order valence-electron chi connectivity index (χ1n) is 4.37. The Kier molecular flexibility index (Phi) is 3.76. The van der Waals surface area contributed by atoms with Crippen LogP contribution in [0, 0.1) is 11.1 Å². The summed E-state index contributed by atoms with van der Waals surface area (Å²) in [5.41, 5.74) is 6.93. The summed E-state index contributed by atoms with van der Waals surface area (Å²) in [5.74, 6) is 0. The van der Waals surface area contributed by atoms with E-state index in [0.29, 0.717) is 0 Å². The zero-order chi connectivity index (χ0) is 9.99. The van der Waals surface area contributed by atoms with Gasteiger partial charge in [-0.15, -0.1) is 11.1 Å². The zero-order valence-corrected chi connectivity index (χ0v) is 11.4. The van der Waals surface area contributed by atoms with E-state index in [1.807, 2.05) is 0 Å². The van der Waals surface area contributed by atoms with Crippen LogP contribution in [0.4, 0.5) is 0 Å². The quantitative estimate of drug-likeness (QED) is 0.462. The molecule has 0 saturated carbocycles. The molecule has 0 spiro atoms. The third-order valence-electron chi connectivity index (χ3n) is 1.86. The predicted molar refractivity (Wildman–Crippen MR) is 62.3 cm³/mol. The molecule has 0 aliphatic carbocycles. The van der Waals surface area contributed by atoms with Gasteiger partial charge in [0.2, 0.25) is 8.24 Å². The third kappa shape index (κ3) is 4.76. The van der Waals surface area contributed by atoms with Crippen molar-refractivity contribution < 1.29 is 0 Å². The van der Waals surface area contributed by atoms with E-state index in [9.17, 15) is 0 Å². The van der Waals surface area contributed by atoms with Gasteiger partial charge in [0.15, 0.2) is 0 Å². The summed E-state index contributed by atoms with van der Waals surface area (Å²) in [6.07, 6.45) is 0. The standard InChI is InChI=1S/C9H21NSi2/c1-10(2)12(6,7)9-8-11(3,4)5/h1-7H3. The molecule has 0 bridgehead atoms. The van der Waals surface area contributed by atoms with E-state index in [1.54, 1.807) is 0 Å². The van der Waals surface area contributed by atoms with Gasteiger partial charge in [0, 0.05) is 0 Å². The van der Waals surface area contributed by atoms with Gasteiger partial charge in [-0.05, 0) is 27.2 Å². The summed E-state index contributed by atoms with van der Waals surface area (Å²) in [5, 5.41) is 0. The Morgan fingerprint density at radius 1 is 0.833 bits per heavy atom. The first-order valence-corrected chi connectivity index (χ1v) is 10.8. The minimum atomic E-state index is -1.38. The van der Waals surface area contributed by atoms with Gasteiger partial charge in [-0.2, -0.15) is 0 Å². The van der Waals surface area contributed by atoms with Crippen LogP contribution in [0.3, 0.4) is 0 Å². The predicted octanol–water partition coefficient (Wildman–Crippen LogP) is 2.17. The number of nitrogens with zero attached hydrogens (tertiary/aromatic N) is 1. The second-order valence-electron chi connectivity index (χ2n) is 4.95. The van der Waals surface area contributed by atoms with E-state index >= 15 is 0 Å². The molecule has 0 amide bonds. The fraction of sp³-hybridized carbons (Fsp3) is 0.778. The molecule has 0 aliphatic heterocycles. The van der Waals surface area contributed by atoms with Crippen molar-refractivity contribution in [3.8, 4) is 11.1 Å². The molecule has 0 fully saturated rings. The normalized spacial score (nSPS) is 12.7. The topological polar surface area (TPSA) is 3.24 Å². The van der Waals surface area contributed by atoms with Gasteiger partial charge in [0.25, 0.3) is 0 Å². The van der Waals surface area contributed by atoms with Crippen molar-refractivity contribution in [3.63, 3.8) is 0 Å². The Bertz CT molecular complexity index is 203. The monoisotopic (exact) mass is 199 g/mol. The Labute approximate surface area is 79.3 Å². The Balaban J connectivity index is 4.50. The molecule has 0 saturated heterocycles. The summed E-state index contributed by atoms with van der Waals surface area (Å²) in [6, 6.07) is 0. The molecule has 0 aromatic carbocycles. The van der Waals surface area contributed by atoms with E-state index in [1.165, 1.54) is 0 Å². The van der Waals surface area contributed by atoms with E-state index in [2.05, 4.69) is 62.5 Å². The fourth-order valence-electron chi connectivity index (χ4n) is 0.452. The molecule has 0 atom stereocenters. The van der Waals surface area contributed by atoms with Gasteiger partial charge in [-0.3, -0.25) is 0 Å². The Hall–Kier alpha value is -0.0462. The lowest BCUT2D eigenvalue weighted by atomic mass is 11.3. The highest BCUT2D eigenvalue weighted by Crippen LogP contribution is 2.04. The molecule has 0 aliphatic rings. The van der Waals surface area contributed by atoms with Gasteiger partial charge in [0.05, 0.1) is 0 Å². The minimum absolute atomic E-state index is 1.17. The van der Waals surface area contributed by atoms with Crippen molar-refractivity contribution in [3.05, 3.63) is 0 Å². The molecule has 70 valence electrons. The third-order valence-corrected chi connectivity index (χ3v) is 5.96. The van der Waals surface area contributed by atoms with Crippen molar-refractivity contribution >= 4 is 16.3 Å². The summed E-state index contributed by atoms with van der Waals surface area (Å²) < 4.78 is 2.29. The first-order chi connectivity index (χ1) is 5.15. The van der Waals surface area contributed by atoms with Crippen molar-refractivity contribution in [2.24, 2.45) is 0 Å². The summed E-state index contributed by atoms with van der Waals surface area (Å²) in [6.45, 7) is 11.5. The van der Waals surface area contributed by atoms with Crippen LogP contribution in [-0.4, -0.2) is 35.0 Å². The Morgan fingerprint density at radius 3 is 1.50 bits per heavy atom. The molecule has 0 heterocycles. The maximum Gasteiger partial charge on any atom is 0.203 e. The minimum Gasteiger partial charge on any atom is -0.320 e. The van der Waals surface area contributed by atoms with E-state index in [0.717, 1.165) is 0 Å². The van der Waals surface area contributed by atoms with Gasteiger partial charge >= 0.3 is 0 Å². The van der Waals surface area contributed by atoms with Crippen LogP contribution in [0.2, 0.25) is 32.7 Å². The summed E-state index contributed by atoms with van der Waals surface area (Å²) in [7, 11) is 1.71. The lowest BCUT2D eigenvalue weighted by Crippen LogP contribution is -2.42. The molecule has 0 radical (unpaired) electrons. The molecular weight excluding hydrogens is 178 g/mol. The molecule has 1 nitrogen and oxygen atoms in total. The molecule has 0 unspecified atom stereocenters. The maximum atomic E-state index is 3.47. The highest BCUT2D eigenvalue weighted by Gasteiger charge is 2.21. The molecule has 0 aromatic heterocycles. The van der Waals surface area contributed by atoms with Crippen LogP contribution in [-0.2, 0) is 0 Å². The zero-order valence-electron chi connectivity index (χ0n) is 9.45. The smallest absolute Gasteiger partial charge is 0.203 e. The second kappa shape index (κ2) is 3.78. The van der Waals surface area contributed by atoms with Gasteiger partial charge in [-0.1, -0.05) is 19.6 Å². The summed E-state index contributed by atoms with van der Waals surface area (Å²) in [4.78, 5) is 0. The van der Waals surface area contributed by atoms with Crippen LogP contribution in [0.25, 0.3) is 0 Å². The number of rotatable bonds is 1. The second-order valence-corrected chi connectivity index (χ2v) is 14.0. The number of hydrogen-bond donors (Lipinski definition) is 0. The molecule has 12 heavy (non-hydrogen) atoms. The van der Waals surface area contributed by atoms with Crippen molar-refractivity contribution in [2.75, 3.05) is 14.1 Å². The molecular formula is C9H21NSi2. The SMILES string of the molecule is CN(C)[Si](C)(C)C#C[Si](C)(C)C. The fourth-order valence-corrected chi connectivity index (χ4v) is 3.40. The van der Waals surface area contributed by atoms with Crippen molar-refractivity contribution in [1.82, 2.24) is 4.57 Å². The average molecular weight is 199 g/mol. The molecule has 0 aromatic rings. The van der Waals surface area contributed by atoms with Crippen molar-refractivity contribution in [1.29, 1.82) is 0 Å². The van der Waals surface area contributed by atoms with Gasteiger partial charge < -0.3 is 4.57 Å². The van der Waals surface area contributed by atoms with E-state index in [4.69, 9.17) is 0 Å². The lowest BCUT2D eigenvalue weighted by Gasteiger charge is -2.24. The van der Waals surface area contributed by atoms with Gasteiger partial charge in [-0.25, -0.2) is 0 Å². The van der Waals surface area contributed by atoms with Crippen molar-refractivity contribution in [2.45, 2.75) is 32.7 Å². The van der Waals surface area contributed by atoms with Gasteiger partial charge in [0.1, 0.15) is 8.07 Å². The number of hydrogen-bond acceptors (Lipinski definition) is 1. The van der Waals surface area contributed by atoms with E-state index in [-0.39, 0.29) is 0 Å². The highest BCUT2D eigenvalue weighted by atomic mass is 28.3. The summed E-state index contributed by atoms with van der Waals surface area (Å²) >= 11 is 0. The first kappa shape index (κ1) is 12.0. The lowest BCUT2D eigenvalue weighted by molar-refractivity contribution is 0.635. The Morgan fingerprint density at radius 2 is 1.25 bits per heavy atom. The van der Waals surface area contributed by atoms with E-state index < -0.39 is 16.3 Å². The molecule has 0 rings (SSSR count). The van der Waals surface area contributed by atoms with Crippen LogP contribution in [0.15, 0.2) is 0 Å². The highest BCUT2D eigenvalue weighted by molar-refractivity contribution is 6.88. The van der Waals surface area contributed by atoms with Crippen LogP contribution >= 0.6 is 0 Å². The molecule has 3 heteroatoms.